The molecule has 118 valence electrons. The lowest BCUT2D eigenvalue weighted by Gasteiger charge is -2.25. The predicted octanol–water partition coefficient (Wildman–Crippen LogP) is 2.01. The standard InChI is InChI=1S/C14H21NO5S/c1-4-9-14(2,3)15-21(18,19)12-7-5-11(6-8-12)20-10-13(16)17/h5-8,15H,4,9-10H2,1-3H3,(H,16,17). The van der Waals surface area contributed by atoms with Crippen LogP contribution in [0.3, 0.4) is 0 Å². The number of hydrogen-bond donors (Lipinski definition) is 2. The first-order valence-corrected chi connectivity index (χ1v) is 8.13. The van der Waals surface area contributed by atoms with Gasteiger partial charge in [0.1, 0.15) is 5.75 Å². The zero-order valence-electron chi connectivity index (χ0n) is 12.4. The van der Waals surface area contributed by atoms with Gasteiger partial charge in [-0.2, -0.15) is 0 Å². The van der Waals surface area contributed by atoms with Crippen LogP contribution < -0.4 is 9.46 Å². The van der Waals surface area contributed by atoms with Crippen LogP contribution in [0.5, 0.6) is 5.75 Å². The van der Waals surface area contributed by atoms with Crippen LogP contribution >= 0.6 is 0 Å². The molecule has 0 atom stereocenters. The van der Waals surface area contributed by atoms with Gasteiger partial charge in [-0.1, -0.05) is 13.3 Å². The topological polar surface area (TPSA) is 92.7 Å². The van der Waals surface area contributed by atoms with Gasteiger partial charge in [0, 0.05) is 5.54 Å². The number of carboxylic acid groups (broad SMARTS) is 1. The van der Waals surface area contributed by atoms with Crippen molar-refractivity contribution in [3.8, 4) is 5.75 Å². The molecule has 1 aromatic carbocycles. The van der Waals surface area contributed by atoms with Gasteiger partial charge in [0.2, 0.25) is 10.0 Å². The van der Waals surface area contributed by atoms with E-state index in [1.54, 1.807) is 0 Å². The Bertz CT molecular complexity index is 578. The second-order valence-corrected chi connectivity index (χ2v) is 7.08. The van der Waals surface area contributed by atoms with Crippen LogP contribution in [0.4, 0.5) is 0 Å². The number of benzene rings is 1. The third-order valence-corrected chi connectivity index (χ3v) is 4.50. The summed E-state index contributed by atoms with van der Waals surface area (Å²) in [5.41, 5.74) is -0.522. The normalized spacial score (nSPS) is 12.1. The van der Waals surface area contributed by atoms with E-state index in [-0.39, 0.29) is 4.90 Å². The first-order valence-electron chi connectivity index (χ1n) is 6.65. The maximum atomic E-state index is 12.3. The Kier molecular flexibility index (Phi) is 5.74. The minimum absolute atomic E-state index is 0.120. The van der Waals surface area contributed by atoms with Crippen molar-refractivity contribution in [2.45, 2.75) is 44.0 Å². The van der Waals surface area contributed by atoms with E-state index in [0.717, 1.165) is 12.8 Å². The summed E-state index contributed by atoms with van der Waals surface area (Å²) in [6, 6.07) is 5.65. The number of hydrogen-bond acceptors (Lipinski definition) is 4. The highest BCUT2D eigenvalue weighted by atomic mass is 32.2. The number of rotatable bonds is 8. The number of sulfonamides is 1. The molecule has 0 aliphatic rings. The van der Waals surface area contributed by atoms with Crippen molar-refractivity contribution in [1.82, 2.24) is 4.72 Å². The summed E-state index contributed by atoms with van der Waals surface area (Å²) in [5, 5.41) is 8.51. The molecule has 1 aromatic rings. The summed E-state index contributed by atoms with van der Waals surface area (Å²) in [7, 11) is -3.61. The molecule has 1 rings (SSSR count). The van der Waals surface area contributed by atoms with Crippen LogP contribution in [0.15, 0.2) is 29.2 Å². The van der Waals surface area contributed by atoms with Crippen molar-refractivity contribution in [3.63, 3.8) is 0 Å². The molecular weight excluding hydrogens is 294 g/mol. The Hall–Kier alpha value is -1.60. The fourth-order valence-corrected chi connectivity index (χ4v) is 3.40. The highest BCUT2D eigenvalue weighted by Crippen LogP contribution is 2.19. The van der Waals surface area contributed by atoms with Crippen molar-refractivity contribution in [3.05, 3.63) is 24.3 Å². The lowest BCUT2D eigenvalue weighted by atomic mass is 10.0. The number of ether oxygens (including phenoxy) is 1. The summed E-state index contributed by atoms with van der Waals surface area (Å²) in [6.07, 6.45) is 1.60. The summed E-state index contributed by atoms with van der Waals surface area (Å²) in [6.45, 7) is 5.19. The Labute approximate surface area is 125 Å². The van der Waals surface area contributed by atoms with Crippen molar-refractivity contribution < 1.29 is 23.1 Å². The number of nitrogens with one attached hydrogen (secondary N) is 1. The van der Waals surface area contributed by atoms with Gasteiger partial charge in [0.25, 0.3) is 0 Å². The molecule has 7 heteroatoms. The average molecular weight is 315 g/mol. The van der Waals surface area contributed by atoms with E-state index in [1.807, 2.05) is 20.8 Å². The monoisotopic (exact) mass is 315 g/mol. The van der Waals surface area contributed by atoms with Crippen LogP contribution in [-0.2, 0) is 14.8 Å². The molecule has 0 fully saturated rings. The molecular formula is C14H21NO5S. The van der Waals surface area contributed by atoms with Gasteiger partial charge in [-0.25, -0.2) is 17.9 Å². The molecule has 0 unspecified atom stereocenters. The van der Waals surface area contributed by atoms with Crippen LogP contribution in [0.25, 0.3) is 0 Å². The molecule has 0 aliphatic carbocycles. The van der Waals surface area contributed by atoms with Gasteiger partial charge in [0.05, 0.1) is 4.90 Å². The molecule has 0 radical (unpaired) electrons. The number of aliphatic carboxylic acids is 1. The Balaban J connectivity index is 2.82. The molecule has 0 aromatic heterocycles. The third kappa shape index (κ3) is 5.73. The summed E-state index contributed by atoms with van der Waals surface area (Å²) in [5.74, 6) is -0.779. The van der Waals surface area contributed by atoms with Gasteiger partial charge in [-0.05, 0) is 44.5 Å². The number of carbonyl (C=O) groups is 1. The molecule has 0 spiro atoms. The van der Waals surface area contributed by atoms with Crippen molar-refractivity contribution in [2.75, 3.05) is 6.61 Å². The van der Waals surface area contributed by atoms with Gasteiger partial charge in [-0.3, -0.25) is 0 Å². The first-order chi connectivity index (χ1) is 9.66. The van der Waals surface area contributed by atoms with Gasteiger partial charge in [-0.15, -0.1) is 0 Å². The van der Waals surface area contributed by atoms with Crippen LogP contribution in [0.2, 0.25) is 0 Å². The maximum absolute atomic E-state index is 12.3. The molecule has 0 heterocycles. The fourth-order valence-electron chi connectivity index (χ4n) is 1.96. The van der Waals surface area contributed by atoms with Gasteiger partial charge in [0.15, 0.2) is 6.61 Å². The number of carboxylic acids is 1. The van der Waals surface area contributed by atoms with Crippen LogP contribution in [0.1, 0.15) is 33.6 Å². The summed E-state index contributed by atoms with van der Waals surface area (Å²) >= 11 is 0. The van der Waals surface area contributed by atoms with E-state index in [0.29, 0.717) is 5.75 Å². The van der Waals surface area contributed by atoms with Crippen molar-refractivity contribution in [2.24, 2.45) is 0 Å². The van der Waals surface area contributed by atoms with E-state index in [4.69, 9.17) is 9.84 Å². The summed E-state index contributed by atoms with van der Waals surface area (Å²) in [4.78, 5) is 10.5. The van der Waals surface area contributed by atoms with Crippen molar-refractivity contribution >= 4 is 16.0 Å². The molecule has 0 bridgehead atoms. The highest BCUT2D eigenvalue weighted by molar-refractivity contribution is 7.89. The molecule has 0 saturated carbocycles. The average Bonchev–Trinajstić information content (AvgIpc) is 2.35. The van der Waals surface area contributed by atoms with E-state index < -0.39 is 28.1 Å². The van der Waals surface area contributed by atoms with E-state index in [2.05, 4.69) is 4.72 Å². The Morgan fingerprint density at radius 2 is 1.86 bits per heavy atom. The zero-order chi connectivity index (χ0) is 16.1. The largest absolute Gasteiger partial charge is 0.482 e. The Morgan fingerprint density at radius 1 is 1.29 bits per heavy atom. The minimum atomic E-state index is -3.61. The van der Waals surface area contributed by atoms with Gasteiger partial charge >= 0.3 is 5.97 Å². The molecule has 2 N–H and O–H groups in total. The Morgan fingerprint density at radius 3 is 2.33 bits per heavy atom. The molecule has 0 aliphatic heterocycles. The molecule has 21 heavy (non-hydrogen) atoms. The zero-order valence-corrected chi connectivity index (χ0v) is 13.2. The maximum Gasteiger partial charge on any atom is 0.341 e. The smallest absolute Gasteiger partial charge is 0.341 e. The van der Waals surface area contributed by atoms with E-state index >= 15 is 0 Å². The van der Waals surface area contributed by atoms with Crippen LogP contribution in [-0.4, -0.2) is 31.6 Å². The van der Waals surface area contributed by atoms with Crippen molar-refractivity contribution in [1.29, 1.82) is 0 Å². The molecule has 6 nitrogen and oxygen atoms in total. The summed E-state index contributed by atoms with van der Waals surface area (Å²) < 4.78 is 32.1. The lowest BCUT2D eigenvalue weighted by Crippen LogP contribution is -2.43. The fraction of sp³-hybridized carbons (Fsp3) is 0.500. The first kappa shape index (κ1) is 17.5. The van der Waals surface area contributed by atoms with E-state index in [9.17, 15) is 13.2 Å². The molecule has 0 amide bonds. The second-order valence-electron chi connectivity index (χ2n) is 5.39. The lowest BCUT2D eigenvalue weighted by molar-refractivity contribution is -0.139. The predicted molar refractivity (Wildman–Crippen MR) is 78.9 cm³/mol. The second kappa shape index (κ2) is 6.91. The quantitative estimate of drug-likeness (QED) is 0.765. The third-order valence-electron chi connectivity index (χ3n) is 2.78. The van der Waals surface area contributed by atoms with Gasteiger partial charge < -0.3 is 9.84 Å². The van der Waals surface area contributed by atoms with E-state index in [1.165, 1.54) is 24.3 Å². The highest BCUT2D eigenvalue weighted by Gasteiger charge is 2.25. The molecule has 0 saturated heterocycles. The SMILES string of the molecule is CCCC(C)(C)NS(=O)(=O)c1ccc(OCC(=O)O)cc1. The van der Waals surface area contributed by atoms with Crippen LogP contribution in [0, 0.1) is 0 Å². The minimum Gasteiger partial charge on any atom is -0.482 e.